The first-order valence-corrected chi connectivity index (χ1v) is 8.41. The van der Waals surface area contributed by atoms with E-state index in [1.54, 1.807) is 32.4 Å². The molecule has 1 heterocycles. The molecule has 0 radical (unpaired) electrons. The number of methoxy groups -OCH3 is 2. The van der Waals surface area contributed by atoms with Crippen LogP contribution >= 0.6 is 0 Å². The van der Waals surface area contributed by atoms with Gasteiger partial charge in [0.05, 0.1) is 44.6 Å². The number of rotatable bonds is 8. The summed E-state index contributed by atoms with van der Waals surface area (Å²) in [4.78, 5) is 12.3. The Hall–Kier alpha value is -3.01. The molecule has 1 N–H and O–H groups in total. The fourth-order valence-corrected chi connectivity index (χ4v) is 2.82. The van der Waals surface area contributed by atoms with Crippen LogP contribution in [-0.2, 0) is 17.8 Å². The van der Waals surface area contributed by atoms with Crippen molar-refractivity contribution in [3.63, 3.8) is 0 Å². The SMILES string of the molecule is COc1ccc(NC(=O)CCc2c(C)nn(CCC#N)c2C)c(OC)c1. The van der Waals surface area contributed by atoms with E-state index in [-0.39, 0.29) is 5.91 Å². The van der Waals surface area contributed by atoms with Crippen molar-refractivity contribution in [2.24, 2.45) is 0 Å². The number of nitriles is 1. The van der Waals surface area contributed by atoms with Crippen LogP contribution in [0.4, 0.5) is 5.69 Å². The molecule has 7 heteroatoms. The summed E-state index contributed by atoms with van der Waals surface area (Å²) in [6.07, 6.45) is 1.34. The van der Waals surface area contributed by atoms with E-state index in [1.165, 1.54) is 0 Å². The molecule has 0 aliphatic carbocycles. The molecule has 0 bridgehead atoms. The minimum absolute atomic E-state index is 0.1000. The molecule has 0 atom stereocenters. The summed E-state index contributed by atoms with van der Waals surface area (Å²) in [5.74, 6) is 1.11. The number of anilines is 1. The van der Waals surface area contributed by atoms with Crippen molar-refractivity contribution in [2.75, 3.05) is 19.5 Å². The number of aromatic nitrogens is 2. The Balaban J connectivity index is 2.02. The molecule has 0 unspecified atom stereocenters. The molecule has 0 spiro atoms. The molecule has 0 fully saturated rings. The summed E-state index contributed by atoms with van der Waals surface area (Å²) in [5.41, 5.74) is 3.57. The van der Waals surface area contributed by atoms with E-state index in [2.05, 4.69) is 16.5 Å². The zero-order valence-electron chi connectivity index (χ0n) is 15.6. The predicted molar refractivity (Wildman–Crippen MR) is 98.4 cm³/mol. The van der Waals surface area contributed by atoms with Crippen molar-refractivity contribution in [3.05, 3.63) is 35.2 Å². The molecule has 0 aliphatic rings. The smallest absolute Gasteiger partial charge is 0.224 e. The highest BCUT2D eigenvalue weighted by molar-refractivity contribution is 5.92. The van der Waals surface area contributed by atoms with Gasteiger partial charge in [-0.15, -0.1) is 0 Å². The van der Waals surface area contributed by atoms with E-state index in [0.717, 1.165) is 17.0 Å². The first kappa shape index (κ1) is 19.3. The minimum atomic E-state index is -0.1000. The number of benzene rings is 1. The van der Waals surface area contributed by atoms with Crippen LogP contribution in [0.5, 0.6) is 11.5 Å². The van der Waals surface area contributed by atoms with Gasteiger partial charge in [0.1, 0.15) is 11.5 Å². The van der Waals surface area contributed by atoms with Gasteiger partial charge in [0.25, 0.3) is 0 Å². The Bertz CT molecular complexity index is 821. The summed E-state index contributed by atoms with van der Waals surface area (Å²) >= 11 is 0. The number of aryl methyl sites for hydroxylation is 2. The lowest BCUT2D eigenvalue weighted by atomic mass is 10.1. The van der Waals surface area contributed by atoms with E-state index >= 15 is 0 Å². The second kappa shape index (κ2) is 8.90. The molecule has 2 rings (SSSR count). The van der Waals surface area contributed by atoms with Crippen LogP contribution < -0.4 is 14.8 Å². The zero-order valence-corrected chi connectivity index (χ0v) is 15.6. The van der Waals surface area contributed by atoms with Crippen LogP contribution in [0.1, 0.15) is 29.8 Å². The van der Waals surface area contributed by atoms with Crippen LogP contribution in [0.15, 0.2) is 18.2 Å². The molecule has 138 valence electrons. The van der Waals surface area contributed by atoms with E-state index < -0.39 is 0 Å². The van der Waals surface area contributed by atoms with Gasteiger partial charge < -0.3 is 14.8 Å². The maximum absolute atomic E-state index is 12.3. The number of hydrogen-bond donors (Lipinski definition) is 1. The molecule has 1 aromatic carbocycles. The van der Waals surface area contributed by atoms with Gasteiger partial charge >= 0.3 is 0 Å². The number of nitrogens with zero attached hydrogens (tertiary/aromatic N) is 3. The van der Waals surface area contributed by atoms with Crippen molar-refractivity contribution in [1.82, 2.24) is 9.78 Å². The summed E-state index contributed by atoms with van der Waals surface area (Å²) in [5, 5.41) is 16.1. The summed E-state index contributed by atoms with van der Waals surface area (Å²) in [7, 11) is 3.13. The Morgan fingerprint density at radius 1 is 1.31 bits per heavy atom. The molecule has 0 aliphatic heterocycles. The van der Waals surface area contributed by atoms with Crippen LogP contribution in [0, 0.1) is 25.2 Å². The number of ether oxygens (including phenoxy) is 2. The highest BCUT2D eigenvalue weighted by atomic mass is 16.5. The van der Waals surface area contributed by atoms with E-state index in [1.807, 2.05) is 18.5 Å². The fourth-order valence-electron chi connectivity index (χ4n) is 2.82. The molecule has 1 amide bonds. The number of amides is 1. The monoisotopic (exact) mass is 356 g/mol. The fraction of sp³-hybridized carbons (Fsp3) is 0.421. The third kappa shape index (κ3) is 4.54. The van der Waals surface area contributed by atoms with Gasteiger partial charge in [0.2, 0.25) is 5.91 Å². The van der Waals surface area contributed by atoms with Crippen LogP contribution in [0.25, 0.3) is 0 Å². The van der Waals surface area contributed by atoms with Gasteiger partial charge in [-0.1, -0.05) is 0 Å². The van der Waals surface area contributed by atoms with Crippen LogP contribution in [0.3, 0.4) is 0 Å². The normalized spacial score (nSPS) is 10.3. The molecule has 7 nitrogen and oxygen atoms in total. The van der Waals surface area contributed by atoms with Crippen molar-refractivity contribution >= 4 is 11.6 Å². The summed E-state index contributed by atoms with van der Waals surface area (Å²) in [6.45, 7) is 4.46. The first-order valence-electron chi connectivity index (χ1n) is 8.41. The number of carbonyl (C=O) groups excluding carboxylic acids is 1. The molecule has 26 heavy (non-hydrogen) atoms. The lowest BCUT2D eigenvalue weighted by Crippen LogP contribution is -2.13. The van der Waals surface area contributed by atoms with E-state index in [9.17, 15) is 4.79 Å². The Labute approximate surface area is 153 Å². The van der Waals surface area contributed by atoms with Crippen molar-refractivity contribution in [2.45, 2.75) is 39.7 Å². The Kier molecular flexibility index (Phi) is 6.61. The Morgan fingerprint density at radius 3 is 2.73 bits per heavy atom. The molecular formula is C19H24N4O3. The van der Waals surface area contributed by atoms with Crippen molar-refractivity contribution < 1.29 is 14.3 Å². The average molecular weight is 356 g/mol. The quantitative estimate of drug-likeness (QED) is 0.785. The van der Waals surface area contributed by atoms with Crippen LogP contribution in [0.2, 0.25) is 0 Å². The maximum Gasteiger partial charge on any atom is 0.224 e. The Morgan fingerprint density at radius 2 is 2.08 bits per heavy atom. The molecule has 0 saturated heterocycles. The average Bonchev–Trinajstić information content (AvgIpc) is 2.91. The number of carbonyl (C=O) groups is 1. The standard InChI is InChI=1S/C19H24N4O3/c1-13-16(14(2)23(22-13)11-5-10-20)7-9-19(24)21-17-8-6-15(25-3)12-18(17)26-4/h6,8,12H,5,7,9,11H2,1-4H3,(H,21,24). The largest absolute Gasteiger partial charge is 0.497 e. The van der Waals surface area contributed by atoms with Gasteiger partial charge in [0, 0.05) is 18.2 Å². The van der Waals surface area contributed by atoms with Gasteiger partial charge in [0.15, 0.2) is 0 Å². The second-order valence-electron chi connectivity index (χ2n) is 5.90. The molecule has 2 aromatic rings. The van der Waals surface area contributed by atoms with Gasteiger partial charge in [-0.3, -0.25) is 9.48 Å². The van der Waals surface area contributed by atoms with Gasteiger partial charge in [-0.05, 0) is 38.0 Å². The lowest BCUT2D eigenvalue weighted by Gasteiger charge is -2.11. The summed E-state index contributed by atoms with van der Waals surface area (Å²) < 4.78 is 12.3. The van der Waals surface area contributed by atoms with Gasteiger partial charge in [-0.25, -0.2) is 0 Å². The molecule has 1 aromatic heterocycles. The maximum atomic E-state index is 12.3. The van der Waals surface area contributed by atoms with Crippen molar-refractivity contribution in [3.8, 4) is 17.6 Å². The second-order valence-corrected chi connectivity index (χ2v) is 5.90. The first-order chi connectivity index (χ1) is 12.5. The van der Waals surface area contributed by atoms with E-state index in [0.29, 0.717) is 43.0 Å². The topological polar surface area (TPSA) is 89.2 Å². The van der Waals surface area contributed by atoms with Crippen molar-refractivity contribution in [1.29, 1.82) is 5.26 Å². The minimum Gasteiger partial charge on any atom is -0.497 e. The zero-order chi connectivity index (χ0) is 19.1. The molecule has 0 saturated carbocycles. The van der Waals surface area contributed by atoms with Crippen LogP contribution in [-0.4, -0.2) is 29.9 Å². The highest BCUT2D eigenvalue weighted by Gasteiger charge is 2.14. The predicted octanol–water partition coefficient (Wildman–Crippen LogP) is 3.00. The third-order valence-corrected chi connectivity index (χ3v) is 4.25. The van der Waals surface area contributed by atoms with Gasteiger partial charge in [-0.2, -0.15) is 10.4 Å². The highest BCUT2D eigenvalue weighted by Crippen LogP contribution is 2.29. The lowest BCUT2D eigenvalue weighted by molar-refractivity contribution is -0.116. The third-order valence-electron chi connectivity index (χ3n) is 4.25. The molecular weight excluding hydrogens is 332 g/mol. The number of hydrogen-bond acceptors (Lipinski definition) is 5. The summed E-state index contributed by atoms with van der Waals surface area (Å²) in [6, 6.07) is 7.37. The number of nitrogens with one attached hydrogen (secondary N) is 1. The van der Waals surface area contributed by atoms with E-state index in [4.69, 9.17) is 14.7 Å².